The highest BCUT2D eigenvalue weighted by Gasteiger charge is 2.42. The topological polar surface area (TPSA) is 108 Å². The van der Waals surface area contributed by atoms with Gasteiger partial charge in [0.25, 0.3) is 0 Å². The van der Waals surface area contributed by atoms with Crippen molar-refractivity contribution in [2.45, 2.75) is 40.6 Å². The molecule has 266 valence electrons. The number of aromatic nitrogens is 1. The number of benzene rings is 6. The van der Waals surface area contributed by atoms with Gasteiger partial charge in [-0.1, -0.05) is 60.7 Å². The lowest BCUT2D eigenvalue weighted by Gasteiger charge is -2.39. The van der Waals surface area contributed by atoms with Crippen LogP contribution in [-0.4, -0.2) is 45.0 Å². The van der Waals surface area contributed by atoms with Crippen LogP contribution in [0.15, 0.2) is 143 Å². The number of fused-ring (bicyclic) bond motifs is 6. The predicted octanol–water partition coefficient (Wildman–Crippen LogP) is 8.83. The highest BCUT2D eigenvalue weighted by atomic mass is 32.2. The van der Waals surface area contributed by atoms with Crippen LogP contribution in [0.4, 0.5) is 17.1 Å². The van der Waals surface area contributed by atoms with Crippen LogP contribution in [0.5, 0.6) is 0 Å². The van der Waals surface area contributed by atoms with Gasteiger partial charge in [-0.15, -0.1) is 0 Å². The van der Waals surface area contributed by atoms with Crippen molar-refractivity contribution in [2.75, 3.05) is 13.1 Å². The van der Waals surface area contributed by atoms with E-state index in [1.54, 1.807) is 24.3 Å². The Kier molecular flexibility index (Phi) is 7.78. The van der Waals surface area contributed by atoms with E-state index in [0.29, 0.717) is 17.1 Å². The molecule has 3 heterocycles. The van der Waals surface area contributed by atoms with Gasteiger partial charge in [-0.05, 0) is 80.4 Å². The Balaban J connectivity index is 0.991. The van der Waals surface area contributed by atoms with E-state index in [9.17, 15) is 22.0 Å². The van der Waals surface area contributed by atoms with Crippen LogP contribution in [0.1, 0.15) is 17.5 Å². The Morgan fingerprint density at radius 1 is 0.623 bits per heavy atom. The van der Waals surface area contributed by atoms with Gasteiger partial charge < -0.3 is 15.1 Å². The first-order valence-corrected chi connectivity index (χ1v) is 20.8. The van der Waals surface area contributed by atoms with E-state index in [1.807, 2.05) is 79.7 Å². The van der Waals surface area contributed by atoms with E-state index in [0.717, 1.165) is 49.7 Å². The number of quaternary nitrogens is 1. The van der Waals surface area contributed by atoms with Crippen molar-refractivity contribution in [1.29, 1.82) is 0 Å². The summed E-state index contributed by atoms with van der Waals surface area (Å²) >= 11 is 0. The largest absolute Gasteiger partial charge is 0.616 e. The maximum atomic E-state index is 14.8. The minimum atomic E-state index is -3.95. The van der Waals surface area contributed by atoms with Crippen molar-refractivity contribution in [1.82, 2.24) is 14.5 Å². The summed E-state index contributed by atoms with van der Waals surface area (Å²) in [5.74, 6) is 0. The second kappa shape index (κ2) is 12.2. The summed E-state index contributed by atoms with van der Waals surface area (Å²) in [7, 11) is -7.83. The number of hydrogen-bond acceptors (Lipinski definition) is 6. The highest BCUT2D eigenvalue weighted by molar-refractivity contribution is 7.93. The molecule has 0 aliphatic carbocycles. The zero-order valence-electron chi connectivity index (χ0n) is 29.2. The number of piperidine rings is 1. The van der Waals surface area contributed by atoms with E-state index >= 15 is 0 Å². The second-order valence-electron chi connectivity index (χ2n) is 14.1. The van der Waals surface area contributed by atoms with E-state index in [2.05, 4.69) is 41.1 Å². The van der Waals surface area contributed by atoms with E-state index in [1.165, 1.54) is 12.1 Å². The first kappa shape index (κ1) is 33.7. The van der Waals surface area contributed by atoms with Crippen molar-refractivity contribution < 1.29 is 16.8 Å². The molecule has 6 aromatic carbocycles. The number of aryl methyl sites for hydroxylation is 2. The molecule has 53 heavy (non-hydrogen) atoms. The third kappa shape index (κ3) is 5.04. The fraction of sp³-hybridized carbons (Fsp3) is 0.163. The predicted molar refractivity (Wildman–Crippen MR) is 212 cm³/mol. The molecule has 0 radical (unpaired) electrons. The lowest BCUT2D eigenvalue weighted by Crippen LogP contribution is -2.48. The van der Waals surface area contributed by atoms with Crippen LogP contribution >= 0.6 is 0 Å². The lowest BCUT2D eigenvalue weighted by atomic mass is 10.0. The summed E-state index contributed by atoms with van der Waals surface area (Å²) in [6.45, 7) is 4.26. The van der Waals surface area contributed by atoms with Crippen molar-refractivity contribution in [3.05, 3.63) is 150 Å². The average Bonchev–Trinajstić information content (AvgIpc) is 3.67. The quantitative estimate of drug-likeness (QED) is 0.135. The molecule has 8 nitrogen and oxygen atoms in total. The number of nitrogens with zero attached hydrogens (tertiary/aromatic N) is 2. The fourth-order valence-corrected chi connectivity index (χ4v) is 12.0. The molecule has 0 spiro atoms. The molecule has 0 amide bonds. The Labute approximate surface area is 309 Å². The number of sulfone groups is 2. The molecule has 3 unspecified atom stereocenters. The molecule has 1 N–H and O–H groups in total. The van der Waals surface area contributed by atoms with Crippen LogP contribution in [0.25, 0.3) is 38.6 Å². The van der Waals surface area contributed by atoms with Gasteiger partial charge in [0.1, 0.15) is 5.69 Å². The fourth-order valence-electron chi connectivity index (χ4n) is 8.47. The van der Waals surface area contributed by atoms with Crippen molar-refractivity contribution in [2.24, 2.45) is 0 Å². The molecule has 2 aliphatic heterocycles. The van der Waals surface area contributed by atoms with Crippen molar-refractivity contribution in [3.8, 4) is 16.8 Å². The van der Waals surface area contributed by atoms with Crippen LogP contribution in [0.2, 0.25) is 0 Å². The second-order valence-corrected chi connectivity index (χ2v) is 18.6. The molecule has 9 rings (SSSR count). The van der Waals surface area contributed by atoms with Crippen LogP contribution < -0.4 is 9.96 Å². The smallest absolute Gasteiger partial charge is 0.182 e. The zero-order valence-corrected chi connectivity index (χ0v) is 30.9. The molecule has 1 aromatic heterocycles. The first-order chi connectivity index (χ1) is 25.5. The van der Waals surface area contributed by atoms with Crippen LogP contribution in [0, 0.1) is 19.1 Å². The summed E-state index contributed by atoms with van der Waals surface area (Å²) < 4.78 is 57.6. The molecule has 0 saturated carbocycles. The summed E-state index contributed by atoms with van der Waals surface area (Å²) in [5.41, 5.74) is 8.21. The van der Waals surface area contributed by atoms with Gasteiger partial charge in [0.05, 0.1) is 36.9 Å². The Morgan fingerprint density at radius 3 is 1.91 bits per heavy atom. The maximum Gasteiger partial charge on any atom is 0.182 e. The maximum absolute atomic E-state index is 14.8. The minimum Gasteiger partial charge on any atom is -0.616 e. The summed E-state index contributed by atoms with van der Waals surface area (Å²) in [4.78, 5) is 0.208. The normalized spacial score (nSPS) is 20.1. The molecular formula is C43H37N3O5S2. The van der Waals surface area contributed by atoms with E-state index < -0.39 is 34.8 Å². The summed E-state index contributed by atoms with van der Waals surface area (Å²) in [5, 5.41) is 18.3. The Hall–Kier alpha value is -5.10. The summed E-state index contributed by atoms with van der Waals surface area (Å²) in [6.07, 6.45) is -0.0469. The van der Waals surface area contributed by atoms with Crippen LogP contribution in [-0.2, 0) is 19.7 Å². The number of hydrogen-bond donors (Lipinski definition) is 1. The van der Waals surface area contributed by atoms with Crippen molar-refractivity contribution >= 4 is 58.5 Å². The SMILES string of the molecule is Cc1cccc2c1[N+]([O-])(c1ccc(S(=O)(=O)C3CNCC(S(=O)(=O)c4ccc(-n5c6ccccc6c6cccc(C)c65)cc4)C3)cc1)c1ccccc1-2. The number of rotatable bonds is 6. The van der Waals surface area contributed by atoms with Gasteiger partial charge in [0.15, 0.2) is 31.0 Å². The van der Waals surface area contributed by atoms with Crippen LogP contribution in [0.3, 0.4) is 0 Å². The molecule has 7 aromatic rings. The minimum absolute atomic E-state index is 0.0469. The van der Waals surface area contributed by atoms with E-state index in [4.69, 9.17) is 0 Å². The third-order valence-corrected chi connectivity index (χ3v) is 15.4. The highest BCUT2D eigenvalue weighted by Crippen LogP contribution is 2.58. The monoisotopic (exact) mass is 739 g/mol. The first-order valence-electron chi connectivity index (χ1n) is 17.7. The van der Waals surface area contributed by atoms with Gasteiger partial charge in [0, 0.05) is 58.9 Å². The zero-order chi connectivity index (χ0) is 36.7. The third-order valence-electron chi connectivity index (χ3n) is 11.1. The molecule has 0 bridgehead atoms. The van der Waals surface area contributed by atoms with Gasteiger partial charge >= 0.3 is 0 Å². The number of para-hydroxylation sites is 4. The molecule has 2 aliphatic rings. The lowest BCUT2D eigenvalue weighted by molar-refractivity contribution is 0.483. The van der Waals surface area contributed by atoms with Gasteiger partial charge in [-0.2, -0.15) is 0 Å². The standard InChI is InChI=1S/C43H37N3O5S2/c1-28-9-7-13-38-36-11-3-5-15-40(36)45(42(28)38)30-17-21-32(22-18-30)52(48,49)34-25-35(27-44-26-34)53(50,51)33-23-19-31(20-24-33)46(47)41-16-6-4-12-37(41)39-14-8-10-29(2)43(39)46/h3-24,34-35,44H,25-27H2,1-2H3. The van der Waals surface area contributed by atoms with Crippen molar-refractivity contribution in [3.63, 3.8) is 0 Å². The molecular weight excluding hydrogens is 703 g/mol. The molecule has 3 atom stereocenters. The Bertz CT molecular complexity index is 2810. The average molecular weight is 740 g/mol. The number of nitrogens with one attached hydrogen (secondary N) is 1. The van der Waals surface area contributed by atoms with Gasteiger partial charge in [-0.25, -0.2) is 16.8 Å². The van der Waals surface area contributed by atoms with Gasteiger partial charge in [0.2, 0.25) is 0 Å². The molecule has 1 saturated heterocycles. The Morgan fingerprint density at radius 2 is 1.19 bits per heavy atom. The van der Waals surface area contributed by atoms with E-state index in [-0.39, 0.29) is 29.3 Å². The van der Waals surface area contributed by atoms with Gasteiger partial charge in [-0.3, -0.25) is 4.65 Å². The molecule has 1 fully saturated rings. The summed E-state index contributed by atoms with van der Waals surface area (Å²) in [6, 6.07) is 40.7. The molecule has 10 heteroatoms.